The molecule has 2 aromatic heterocycles. The van der Waals surface area contributed by atoms with E-state index in [1.165, 1.54) is 0 Å². The second-order valence-electron chi connectivity index (χ2n) is 5.98. The third-order valence-electron chi connectivity index (χ3n) is 4.00. The highest BCUT2D eigenvalue weighted by Gasteiger charge is 2.00. The molecule has 4 rings (SSSR count). The zero-order valence-corrected chi connectivity index (χ0v) is 15.2. The van der Waals surface area contributed by atoms with E-state index in [0.29, 0.717) is 6.61 Å². The van der Waals surface area contributed by atoms with Crippen LogP contribution in [0.3, 0.4) is 0 Å². The van der Waals surface area contributed by atoms with E-state index in [9.17, 15) is 0 Å². The molecule has 0 unspecified atom stereocenters. The summed E-state index contributed by atoms with van der Waals surface area (Å²) >= 11 is 1.64. The van der Waals surface area contributed by atoms with E-state index >= 15 is 0 Å². The highest BCUT2D eigenvalue weighted by molar-refractivity contribution is 7.09. The van der Waals surface area contributed by atoms with Crippen LogP contribution in [-0.4, -0.2) is 9.97 Å². The molecule has 0 aliphatic rings. The van der Waals surface area contributed by atoms with Crippen molar-refractivity contribution in [3.8, 4) is 5.75 Å². The van der Waals surface area contributed by atoms with Crippen LogP contribution in [0.4, 0.5) is 0 Å². The van der Waals surface area contributed by atoms with Gasteiger partial charge in [0.25, 0.3) is 0 Å². The first-order valence-corrected chi connectivity index (χ1v) is 9.32. The maximum atomic E-state index is 5.78. The minimum absolute atomic E-state index is 0.501. The molecule has 2 aromatic carbocycles. The SMILES string of the molecule is Cc1nc(COc2ccc(/C=C/c3ccc4ccccc4n3)cc2)cs1. The third kappa shape index (κ3) is 3.98. The number of ether oxygens (including phenoxy) is 1. The molecule has 0 bridgehead atoms. The van der Waals surface area contributed by atoms with Crippen LogP contribution in [0.15, 0.2) is 66.0 Å². The van der Waals surface area contributed by atoms with Crippen molar-refractivity contribution >= 4 is 34.4 Å². The number of rotatable bonds is 5. The Labute approximate surface area is 156 Å². The molecule has 4 aromatic rings. The van der Waals surface area contributed by atoms with Gasteiger partial charge in [-0.05, 0) is 42.8 Å². The van der Waals surface area contributed by atoms with Crippen molar-refractivity contribution in [1.29, 1.82) is 0 Å². The summed E-state index contributed by atoms with van der Waals surface area (Å²) in [5, 5.41) is 4.25. The molecule has 0 spiro atoms. The summed E-state index contributed by atoms with van der Waals surface area (Å²) in [5.74, 6) is 0.844. The molecule has 0 fully saturated rings. The molecule has 3 nitrogen and oxygen atoms in total. The average molecular weight is 358 g/mol. The van der Waals surface area contributed by atoms with Gasteiger partial charge < -0.3 is 4.74 Å². The van der Waals surface area contributed by atoms with Crippen molar-refractivity contribution in [2.45, 2.75) is 13.5 Å². The van der Waals surface area contributed by atoms with Crippen molar-refractivity contribution in [2.75, 3.05) is 0 Å². The lowest BCUT2D eigenvalue weighted by atomic mass is 10.1. The predicted molar refractivity (Wildman–Crippen MR) is 108 cm³/mol. The van der Waals surface area contributed by atoms with Crippen molar-refractivity contribution in [3.05, 3.63) is 88.0 Å². The molecular formula is C22H18N2OS. The van der Waals surface area contributed by atoms with E-state index in [1.807, 2.05) is 66.9 Å². The van der Waals surface area contributed by atoms with E-state index in [4.69, 9.17) is 4.74 Å². The number of fused-ring (bicyclic) bond motifs is 1. The van der Waals surface area contributed by atoms with Gasteiger partial charge in [0.2, 0.25) is 0 Å². The first-order chi connectivity index (χ1) is 12.8. The number of thiazole rings is 1. The molecule has 0 saturated heterocycles. The molecule has 0 amide bonds. The molecule has 128 valence electrons. The fourth-order valence-corrected chi connectivity index (χ4v) is 3.26. The summed E-state index contributed by atoms with van der Waals surface area (Å²) < 4.78 is 5.78. The van der Waals surface area contributed by atoms with Crippen LogP contribution in [0.2, 0.25) is 0 Å². The summed E-state index contributed by atoms with van der Waals surface area (Å²) in [4.78, 5) is 9.06. The fraction of sp³-hybridized carbons (Fsp3) is 0.0909. The maximum Gasteiger partial charge on any atom is 0.131 e. The van der Waals surface area contributed by atoms with Gasteiger partial charge in [0, 0.05) is 10.8 Å². The van der Waals surface area contributed by atoms with E-state index < -0.39 is 0 Å². The average Bonchev–Trinajstić information content (AvgIpc) is 3.10. The standard InChI is InChI=1S/C22H18N2OS/c1-16-23-20(15-26-16)14-25-21-12-7-17(8-13-21)6-10-19-11-9-18-4-2-3-5-22(18)24-19/h2-13,15H,14H2,1H3/b10-6+. The Morgan fingerprint density at radius 3 is 2.58 bits per heavy atom. The first-order valence-electron chi connectivity index (χ1n) is 8.44. The van der Waals surface area contributed by atoms with Gasteiger partial charge in [0.1, 0.15) is 12.4 Å². The number of para-hydroxylation sites is 1. The number of aromatic nitrogens is 2. The first kappa shape index (κ1) is 16.5. The van der Waals surface area contributed by atoms with E-state index in [2.05, 4.69) is 28.2 Å². The fourth-order valence-electron chi connectivity index (χ4n) is 2.66. The molecule has 0 atom stereocenters. The molecule has 26 heavy (non-hydrogen) atoms. The summed E-state index contributed by atoms with van der Waals surface area (Å²) in [6.07, 6.45) is 4.09. The smallest absolute Gasteiger partial charge is 0.131 e. The lowest BCUT2D eigenvalue weighted by Crippen LogP contribution is -1.95. The van der Waals surface area contributed by atoms with Gasteiger partial charge in [-0.1, -0.05) is 42.5 Å². The quantitative estimate of drug-likeness (QED) is 0.456. The Kier molecular flexibility index (Phi) is 4.75. The summed E-state index contributed by atoms with van der Waals surface area (Å²) in [6.45, 7) is 2.50. The number of pyridine rings is 1. The van der Waals surface area contributed by atoms with Gasteiger partial charge in [0.05, 0.1) is 21.9 Å². The van der Waals surface area contributed by atoms with Crippen molar-refractivity contribution in [2.24, 2.45) is 0 Å². The zero-order valence-electron chi connectivity index (χ0n) is 14.4. The summed E-state index contributed by atoms with van der Waals surface area (Å²) in [5.41, 5.74) is 4.04. The number of hydrogen-bond donors (Lipinski definition) is 0. The monoisotopic (exact) mass is 358 g/mol. The molecule has 0 N–H and O–H groups in total. The van der Waals surface area contributed by atoms with Gasteiger partial charge in [-0.2, -0.15) is 0 Å². The number of aryl methyl sites for hydroxylation is 1. The Hall–Kier alpha value is -2.98. The Balaban J connectivity index is 1.41. The Bertz CT molecular complexity index is 1050. The van der Waals surface area contributed by atoms with E-state index in [-0.39, 0.29) is 0 Å². The molecule has 0 aliphatic carbocycles. The highest BCUT2D eigenvalue weighted by Crippen LogP contribution is 2.18. The van der Waals surface area contributed by atoms with Crippen molar-refractivity contribution in [1.82, 2.24) is 9.97 Å². The van der Waals surface area contributed by atoms with Gasteiger partial charge in [-0.15, -0.1) is 11.3 Å². The Morgan fingerprint density at radius 2 is 1.77 bits per heavy atom. The predicted octanol–water partition coefficient (Wildman–Crippen LogP) is 5.75. The van der Waals surface area contributed by atoms with Crippen LogP contribution in [-0.2, 0) is 6.61 Å². The number of benzene rings is 2. The van der Waals surface area contributed by atoms with Crippen LogP contribution in [0.1, 0.15) is 22.0 Å². The summed E-state index contributed by atoms with van der Waals surface area (Å²) in [7, 11) is 0. The molecular weight excluding hydrogens is 340 g/mol. The van der Waals surface area contributed by atoms with Crippen LogP contribution in [0.5, 0.6) is 5.75 Å². The van der Waals surface area contributed by atoms with Crippen LogP contribution in [0.25, 0.3) is 23.1 Å². The van der Waals surface area contributed by atoms with Crippen molar-refractivity contribution in [3.63, 3.8) is 0 Å². The minimum atomic E-state index is 0.501. The minimum Gasteiger partial charge on any atom is -0.487 e. The second-order valence-corrected chi connectivity index (χ2v) is 7.04. The number of hydrogen-bond acceptors (Lipinski definition) is 4. The van der Waals surface area contributed by atoms with Gasteiger partial charge in [-0.3, -0.25) is 0 Å². The lowest BCUT2D eigenvalue weighted by Gasteiger charge is -2.04. The maximum absolute atomic E-state index is 5.78. The van der Waals surface area contributed by atoms with Crippen LogP contribution >= 0.6 is 11.3 Å². The second kappa shape index (κ2) is 7.50. The van der Waals surface area contributed by atoms with E-state index in [1.54, 1.807) is 11.3 Å². The normalized spacial score (nSPS) is 11.3. The third-order valence-corrected chi connectivity index (χ3v) is 4.82. The van der Waals surface area contributed by atoms with Crippen LogP contribution in [0, 0.1) is 6.92 Å². The molecule has 2 heterocycles. The van der Waals surface area contributed by atoms with Gasteiger partial charge in [0.15, 0.2) is 0 Å². The Morgan fingerprint density at radius 1 is 0.923 bits per heavy atom. The largest absolute Gasteiger partial charge is 0.487 e. The topological polar surface area (TPSA) is 35.0 Å². The molecule has 0 radical (unpaired) electrons. The molecule has 4 heteroatoms. The van der Waals surface area contributed by atoms with Gasteiger partial charge in [-0.25, -0.2) is 9.97 Å². The highest BCUT2D eigenvalue weighted by atomic mass is 32.1. The van der Waals surface area contributed by atoms with E-state index in [0.717, 1.165) is 38.6 Å². The zero-order chi connectivity index (χ0) is 17.8. The number of nitrogens with zero attached hydrogens (tertiary/aromatic N) is 2. The van der Waals surface area contributed by atoms with Gasteiger partial charge >= 0.3 is 0 Å². The lowest BCUT2D eigenvalue weighted by molar-refractivity contribution is 0.302. The summed E-state index contributed by atoms with van der Waals surface area (Å²) in [6, 6.07) is 20.3. The molecule has 0 saturated carbocycles. The van der Waals surface area contributed by atoms with Crippen molar-refractivity contribution < 1.29 is 4.74 Å². The molecule has 0 aliphatic heterocycles. The van der Waals surface area contributed by atoms with Crippen LogP contribution < -0.4 is 4.74 Å².